The largest absolute Gasteiger partial charge is 0.369 e. The second kappa shape index (κ2) is 6.71. The van der Waals surface area contributed by atoms with Gasteiger partial charge in [-0.1, -0.05) is 84.1 Å². The van der Waals surface area contributed by atoms with Gasteiger partial charge in [0.2, 0.25) is 0 Å². The summed E-state index contributed by atoms with van der Waals surface area (Å²) in [5, 5.41) is 11.9. The second-order valence-electron chi connectivity index (χ2n) is 5.20. The van der Waals surface area contributed by atoms with Crippen molar-refractivity contribution >= 4 is 11.6 Å². The summed E-state index contributed by atoms with van der Waals surface area (Å²) in [4.78, 5) is 0. The molecule has 2 heteroatoms. The molecule has 0 aromatic heterocycles. The van der Waals surface area contributed by atoms with Gasteiger partial charge in [0, 0.05) is 21.7 Å². The first-order valence-corrected chi connectivity index (χ1v) is 7.68. The zero-order chi connectivity index (χ0) is 16.1. The minimum Gasteiger partial charge on any atom is -0.369 e. The lowest BCUT2D eigenvalue weighted by Gasteiger charge is -2.23. The van der Waals surface area contributed by atoms with Gasteiger partial charge in [-0.05, 0) is 24.3 Å². The van der Waals surface area contributed by atoms with Crippen molar-refractivity contribution in [3.63, 3.8) is 0 Å². The Balaban J connectivity index is 2.09. The Labute approximate surface area is 141 Å². The highest BCUT2D eigenvalue weighted by Gasteiger charge is 2.28. The van der Waals surface area contributed by atoms with Gasteiger partial charge in [-0.25, -0.2) is 0 Å². The van der Waals surface area contributed by atoms with Crippen LogP contribution < -0.4 is 0 Å². The summed E-state index contributed by atoms with van der Waals surface area (Å²) >= 11 is 5.90. The first-order chi connectivity index (χ1) is 11.2. The topological polar surface area (TPSA) is 20.2 Å². The van der Waals surface area contributed by atoms with Crippen LogP contribution in [0.1, 0.15) is 16.7 Å². The van der Waals surface area contributed by atoms with E-state index in [0.717, 1.165) is 16.7 Å². The van der Waals surface area contributed by atoms with E-state index in [4.69, 9.17) is 11.6 Å². The molecule has 0 fully saturated rings. The number of aliphatic hydroxyl groups is 1. The van der Waals surface area contributed by atoms with Gasteiger partial charge in [0.1, 0.15) is 0 Å². The minimum absolute atomic E-state index is 0.664. The molecule has 3 aromatic rings. The van der Waals surface area contributed by atoms with Crippen molar-refractivity contribution in [1.82, 2.24) is 0 Å². The average molecular weight is 319 g/mol. The molecule has 0 aliphatic heterocycles. The van der Waals surface area contributed by atoms with E-state index < -0.39 is 5.60 Å². The molecular formula is C21H15ClO. The first kappa shape index (κ1) is 15.4. The van der Waals surface area contributed by atoms with Gasteiger partial charge in [0.15, 0.2) is 5.60 Å². The number of benzene rings is 3. The number of rotatable bonds is 2. The monoisotopic (exact) mass is 318 g/mol. The summed E-state index contributed by atoms with van der Waals surface area (Å²) in [6.07, 6.45) is 0. The van der Waals surface area contributed by atoms with E-state index in [9.17, 15) is 5.11 Å². The molecule has 1 nitrogen and oxygen atoms in total. The highest BCUT2D eigenvalue weighted by atomic mass is 35.5. The van der Waals surface area contributed by atoms with Crippen molar-refractivity contribution in [2.24, 2.45) is 0 Å². The first-order valence-electron chi connectivity index (χ1n) is 7.31. The second-order valence-corrected chi connectivity index (χ2v) is 5.64. The van der Waals surface area contributed by atoms with Crippen LogP contribution >= 0.6 is 11.6 Å². The molecule has 0 bridgehead atoms. The van der Waals surface area contributed by atoms with E-state index in [2.05, 4.69) is 11.8 Å². The molecule has 0 saturated heterocycles. The van der Waals surface area contributed by atoms with Gasteiger partial charge in [-0.2, -0.15) is 0 Å². The third-order valence-electron chi connectivity index (χ3n) is 3.62. The molecule has 112 valence electrons. The fourth-order valence-electron chi connectivity index (χ4n) is 2.37. The predicted octanol–water partition coefficient (Wildman–Crippen LogP) is 4.63. The van der Waals surface area contributed by atoms with Crippen molar-refractivity contribution < 1.29 is 5.11 Å². The molecule has 0 spiro atoms. The normalized spacial score (nSPS) is 10.7. The van der Waals surface area contributed by atoms with Crippen LogP contribution in [0.5, 0.6) is 0 Å². The molecular weight excluding hydrogens is 304 g/mol. The van der Waals surface area contributed by atoms with E-state index in [0.29, 0.717) is 5.02 Å². The SMILES string of the molecule is OC(C#Cc1ccc(Cl)cc1)(c1ccccc1)c1ccccc1. The summed E-state index contributed by atoms with van der Waals surface area (Å²) < 4.78 is 0. The van der Waals surface area contributed by atoms with Crippen LogP contribution in [-0.4, -0.2) is 5.11 Å². The fraction of sp³-hybridized carbons (Fsp3) is 0.0476. The number of hydrogen-bond acceptors (Lipinski definition) is 1. The van der Waals surface area contributed by atoms with Crippen LogP contribution in [0.3, 0.4) is 0 Å². The van der Waals surface area contributed by atoms with E-state index in [1.807, 2.05) is 72.8 Å². The minimum atomic E-state index is -1.36. The summed E-state index contributed by atoms with van der Waals surface area (Å²) in [6, 6.07) is 26.2. The molecule has 0 aliphatic carbocycles. The van der Waals surface area contributed by atoms with Crippen LogP contribution in [-0.2, 0) is 5.60 Å². The lowest BCUT2D eigenvalue weighted by atomic mass is 9.86. The summed E-state index contributed by atoms with van der Waals surface area (Å²) in [5.41, 5.74) is 0.933. The molecule has 0 saturated carbocycles. The zero-order valence-electron chi connectivity index (χ0n) is 12.4. The predicted molar refractivity (Wildman–Crippen MR) is 94.2 cm³/mol. The Hall–Kier alpha value is -2.53. The Bertz CT molecular complexity index is 788. The quantitative estimate of drug-likeness (QED) is 0.683. The average Bonchev–Trinajstić information content (AvgIpc) is 2.62. The third-order valence-corrected chi connectivity index (χ3v) is 3.87. The van der Waals surface area contributed by atoms with Crippen molar-refractivity contribution in [3.05, 3.63) is 107 Å². The Kier molecular flexibility index (Phi) is 4.48. The van der Waals surface area contributed by atoms with E-state index in [1.54, 1.807) is 12.1 Å². The van der Waals surface area contributed by atoms with E-state index >= 15 is 0 Å². The highest BCUT2D eigenvalue weighted by molar-refractivity contribution is 6.30. The van der Waals surface area contributed by atoms with Crippen LogP contribution in [0.2, 0.25) is 5.02 Å². The summed E-state index contributed by atoms with van der Waals surface area (Å²) in [5.74, 6) is 6.08. The molecule has 1 N–H and O–H groups in total. The maximum Gasteiger partial charge on any atom is 0.177 e. The molecule has 0 aliphatic rings. The van der Waals surface area contributed by atoms with Gasteiger partial charge in [0.25, 0.3) is 0 Å². The Morgan fingerprint density at radius 1 is 0.696 bits per heavy atom. The Morgan fingerprint density at radius 3 is 1.65 bits per heavy atom. The van der Waals surface area contributed by atoms with Crippen molar-refractivity contribution in [2.75, 3.05) is 0 Å². The smallest absolute Gasteiger partial charge is 0.177 e. The Morgan fingerprint density at radius 2 is 1.17 bits per heavy atom. The van der Waals surface area contributed by atoms with Crippen LogP contribution in [0.25, 0.3) is 0 Å². The molecule has 0 unspecified atom stereocenters. The van der Waals surface area contributed by atoms with Gasteiger partial charge >= 0.3 is 0 Å². The standard InChI is InChI=1S/C21H15ClO/c22-20-13-11-17(12-14-20)15-16-21(23,18-7-3-1-4-8-18)19-9-5-2-6-10-19/h1-14,23H. The van der Waals surface area contributed by atoms with Gasteiger partial charge in [-0.3, -0.25) is 0 Å². The van der Waals surface area contributed by atoms with Crippen LogP contribution in [0, 0.1) is 11.8 Å². The van der Waals surface area contributed by atoms with Crippen molar-refractivity contribution in [3.8, 4) is 11.8 Å². The van der Waals surface area contributed by atoms with E-state index in [1.165, 1.54) is 0 Å². The van der Waals surface area contributed by atoms with Gasteiger partial charge in [0.05, 0.1) is 0 Å². The number of halogens is 1. The summed E-state index contributed by atoms with van der Waals surface area (Å²) in [6.45, 7) is 0. The van der Waals surface area contributed by atoms with Crippen molar-refractivity contribution in [1.29, 1.82) is 0 Å². The number of hydrogen-bond donors (Lipinski definition) is 1. The molecule has 0 amide bonds. The lowest BCUT2D eigenvalue weighted by molar-refractivity contribution is 0.145. The maximum atomic E-state index is 11.3. The molecule has 0 heterocycles. The van der Waals surface area contributed by atoms with Gasteiger partial charge < -0.3 is 5.11 Å². The van der Waals surface area contributed by atoms with E-state index in [-0.39, 0.29) is 0 Å². The molecule has 23 heavy (non-hydrogen) atoms. The van der Waals surface area contributed by atoms with Crippen LogP contribution in [0.15, 0.2) is 84.9 Å². The molecule has 3 aromatic carbocycles. The molecule has 0 atom stereocenters. The highest BCUT2D eigenvalue weighted by Crippen LogP contribution is 2.28. The summed E-state index contributed by atoms with van der Waals surface area (Å²) in [7, 11) is 0. The lowest BCUT2D eigenvalue weighted by Crippen LogP contribution is -2.25. The van der Waals surface area contributed by atoms with Crippen LogP contribution in [0.4, 0.5) is 0 Å². The maximum absolute atomic E-state index is 11.3. The zero-order valence-corrected chi connectivity index (χ0v) is 13.2. The molecule has 0 radical (unpaired) electrons. The van der Waals surface area contributed by atoms with Gasteiger partial charge in [-0.15, -0.1) is 0 Å². The van der Waals surface area contributed by atoms with Crippen molar-refractivity contribution in [2.45, 2.75) is 5.60 Å². The molecule has 3 rings (SSSR count). The fourth-order valence-corrected chi connectivity index (χ4v) is 2.49. The third kappa shape index (κ3) is 3.46.